The number of hydrogen-bond donors (Lipinski definition) is 1. The van der Waals surface area contributed by atoms with E-state index in [2.05, 4.69) is 6.58 Å². The maximum absolute atomic E-state index is 10.5. The largest absolute Gasteiger partial charge is 0.464 e. The van der Waals surface area contributed by atoms with Gasteiger partial charge < -0.3 is 24.1 Å². The SMILES string of the molecule is C=C1O[C@H](OC)[C@H](OCc2ccccc2)[C@@H](OCc2ccccc2)[C@@H]1O. The van der Waals surface area contributed by atoms with Gasteiger partial charge in [-0.15, -0.1) is 0 Å². The van der Waals surface area contributed by atoms with E-state index in [1.54, 1.807) is 0 Å². The van der Waals surface area contributed by atoms with E-state index in [0.29, 0.717) is 13.2 Å². The average molecular weight is 356 g/mol. The Labute approximate surface area is 153 Å². The maximum Gasteiger partial charge on any atom is 0.228 e. The van der Waals surface area contributed by atoms with Crippen molar-refractivity contribution in [3.63, 3.8) is 0 Å². The molecule has 138 valence electrons. The summed E-state index contributed by atoms with van der Waals surface area (Å²) in [6, 6.07) is 19.6. The number of ether oxygens (including phenoxy) is 4. The number of aliphatic hydroxyl groups excluding tert-OH is 1. The van der Waals surface area contributed by atoms with Crippen molar-refractivity contribution in [1.82, 2.24) is 0 Å². The van der Waals surface area contributed by atoms with Gasteiger partial charge in [-0.2, -0.15) is 0 Å². The highest BCUT2D eigenvalue weighted by atomic mass is 16.7. The van der Waals surface area contributed by atoms with Crippen molar-refractivity contribution in [3.05, 3.63) is 84.1 Å². The van der Waals surface area contributed by atoms with E-state index in [1.807, 2.05) is 60.7 Å². The second-order valence-electron chi connectivity index (χ2n) is 6.16. The topological polar surface area (TPSA) is 57.2 Å². The zero-order valence-corrected chi connectivity index (χ0v) is 14.8. The smallest absolute Gasteiger partial charge is 0.228 e. The van der Waals surface area contributed by atoms with Crippen LogP contribution in [-0.2, 0) is 32.2 Å². The fraction of sp³-hybridized carbons (Fsp3) is 0.333. The lowest BCUT2D eigenvalue weighted by molar-refractivity contribution is -0.263. The van der Waals surface area contributed by atoms with Crippen molar-refractivity contribution in [3.8, 4) is 0 Å². The molecule has 4 atom stereocenters. The summed E-state index contributed by atoms with van der Waals surface area (Å²) in [5.41, 5.74) is 2.02. The van der Waals surface area contributed by atoms with Crippen molar-refractivity contribution < 1.29 is 24.1 Å². The second-order valence-corrected chi connectivity index (χ2v) is 6.16. The Morgan fingerprint density at radius 1 is 0.885 bits per heavy atom. The molecule has 0 unspecified atom stereocenters. The van der Waals surface area contributed by atoms with Crippen LogP contribution in [0, 0.1) is 0 Å². The third-order valence-corrected chi connectivity index (χ3v) is 4.30. The summed E-state index contributed by atoms with van der Waals surface area (Å²) in [6.45, 7) is 4.47. The Bertz CT molecular complexity index is 688. The Hall–Kier alpha value is -2.18. The fourth-order valence-corrected chi connectivity index (χ4v) is 2.88. The van der Waals surface area contributed by atoms with Crippen molar-refractivity contribution in [2.24, 2.45) is 0 Å². The van der Waals surface area contributed by atoms with E-state index in [1.165, 1.54) is 7.11 Å². The number of aliphatic hydroxyl groups is 1. The minimum absolute atomic E-state index is 0.217. The third-order valence-electron chi connectivity index (χ3n) is 4.30. The highest BCUT2D eigenvalue weighted by Gasteiger charge is 2.44. The van der Waals surface area contributed by atoms with Crippen molar-refractivity contribution >= 4 is 0 Å². The maximum atomic E-state index is 10.5. The molecule has 1 saturated heterocycles. The Morgan fingerprint density at radius 2 is 1.38 bits per heavy atom. The molecule has 2 aromatic rings. The summed E-state index contributed by atoms with van der Waals surface area (Å²) < 4.78 is 23.0. The average Bonchev–Trinajstić information content (AvgIpc) is 2.69. The van der Waals surface area contributed by atoms with Crippen LogP contribution in [0.1, 0.15) is 11.1 Å². The molecule has 3 rings (SSSR count). The quantitative estimate of drug-likeness (QED) is 0.826. The molecule has 0 amide bonds. The van der Waals surface area contributed by atoms with E-state index >= 15 is 0 Å². The van der Waals surface area contributed by atoms with E-state index in [9.17, 15) is 5.11 Å². The molecule has 0 saturated carbocycles. The van der Waals surface area contributed by atoms with Gasteiger partial charge in [0.15, 0.2) is 0 Å². The van der Waals surface area contributed by atoms with Gasteiger partial charge in [0.25, 0.3) is 0 Å². The van der Waals surface area contributed by atoms with Gasteiger partial charge >= 0.3 is 0 Å². The van der Waals surface area contributed by atoms with Gasteiger partial charge in [-0.3, -0.25) is 0 Å². The van der Waals surface area contributed by atoms with E-state index < -0.39 is 24.6 Å². The van der Waals surface area contributed by atoms with Crippen molar-refractivity contribution in [1.29, 1.82) is 0 Å². The molecule has 0 radical (unpaired) electrons. The zero-order chi connectivity index (χ0) is 18.4. The highest BCUT2D eigenvalue weighted by molar-refractivity contribution is 5.15. The number of benzene rings is 2. The molecular formula is C21H24O5. The number of rotatable bonds is 7. The first kappa shape index (κ1) is 18.6. The van der Waals surface area contributed by atoms with Gasteiger partial charge in [0.1, 0.15) is 24.1 Å². The molecule has 26 heavy (non-hydrogen) atoms. The van der Waals surface area contributed by atoms with Crippen LogP contribution in [0.2, 0.25) is 0 Å². The second kappa shape index (κ2) is 8.96. The molecule has 5 heteroatoms. The Kier molecular flexibility index (Phi) is 6.41. The lowest BCUT2D eigenvalue weighted by Gasteiger charge is -2.40. The predicted octanol–water partition coefficient (Wildman–Crippen LogP) is 3.03. The molecule has 1 fully saturated rings. The number of methoxy groups -OCH3 is 1. The fourth-order valence-electron chi connectivity index (χ4n) is 2.88. The summed E-state index contributed by atoms with van der Waals surface area (Å²) in [5.74, 6) is 0.217. The zero-order valence-electron chi connectivity index (χ0n) is 14.8. The minimum atomic E-state index is -0.995. The minimum Gasteiger partial charge on any atom is -0.464 e. The first-order valence-corrected chi connectivity index (χ1v) is 8.56. The molecule has 1 aliphatic heterocycles. The molecule has 0 spiro atoms. The van der Waals surface area contributed by atoms with Crippen molar-refractivity contribution in [2.75, 3.05) is 7.11 Å². The molecule has 1 heterocycles. The lowest BCUT2D eigenvalue weighted by atomic mass is 10.0. The monoisotopic (exact) mass is 356 g/mol. The first-order chi connectivity index (χ1) is 12.7. The normalized spacial score (nSPS) is 25.7. The molecule has 1 aliphatic rings. The number of hydrogen-bond acceptors (Lipinski definition) is 5. The van der Waals surface area contributed by atoms with Gasteiger partial charge in [-0.25, -0.2) is 0 Å². The van der Waals surface area contributed by atoms with Gasteiger partial charge in [-0.05, 0) is 11.1 Å². The summed E-state index contributed by atoms with van der Waals surface area (Å²) in [4.78, 5) is 0. The van der Waals surface area contributed by atoms with Crippen LogP contribution in [0.25, 0.3) is 0 Å². The molecule has 5 nitrogen and oxygen atoms in total. The van der Waals surface area contributed by atoms with Gasteiger partial charge in [0.2, 0.25) is 6.29 Å². The molecule has 0 bridgehead atoms. The first-order valence-electron chi connectivity index (χ1n) is 8.56. The summed E-state index contributed by atoms with van der Waals surface area (Å²) >= 11 is 0. The van der Waals surface area contributed by atoms with Crippen LogP contribution in [0.5, 0.6) is 0 Å². The lowest BCUT2D eigenvalue weighted by Crippen LogP contribution is -2.54. The van der Waals surface area contributed by atoms with Crippen LogP contribution in [0.3, 0.4) is 0 Å². The highest BCUT2D eigenvalue weighted by Crippen LogP contribution is 2.29. The van der Waals surface area contributed by atoms with E-state index in [-0.39, 0.29) is 5.76 Å². The molecule has 0 aliphatic carbocycles. The molecule has 1 N–H and O–H groups in total. The Morgan fingerprint density at radius 3 is 1.88 bits per heavy atom. The summed E-state index contributed by atoms with van der Waals surface area (Å²) in [6.07, 6.45) is -2.93. The standard InChI is InChI=1S/C21H24O5/c1-15-18(22)19(24-13-16-9-5-3-6-10-16)20(21(23-2)26-15)25-14-17-11-7-4-8-12-17/h3-12,18-22H,1,13-14H2,2H3/t18-,19+,20-,21+/m1/s1. The van der Waals surface area contributed by atoms with Gasteiger partial charge in [0.05, 0.1) is 13.2 Å². The predicted molar refractivity (Wildman–Crippen MR) is 97.1 cm³/mol. The van der Waals surface area contributed by atoms with E-state index in [0.717, 1.165) is 11.1 Å². The third kappa shape index (κ3) is 4.51. The van der Waals surface area contributed by atoms with E-state index in [4.69, 9.17) is 18.9 Å². The summed E-state index contributed by atoms with van der Waals surface area (Å²) in [5, 5.41) is 10.5. The van der Waals surface area contributed by atoms with Gasteiger partial charge in [-0.1, -0.05) is 67.2 Å². The van der Waals surface area contributed by atoms with Crippen LogP contribution in [0.4, 0.5) is 0 Å². The van der Waals surface area contributed by atoms with Crippen LogP contribution in [-0.4, -0.2) is 36.8 Å². The molecular weight excluding hydrogens is 332 g/mol. The molecule has 2 aromatic carbocycles. The van der Waals surface area contributed by atoms with Gasteiger partial charge in [0, 0.05) is 7.11 Å². The Balaban J connectivity index is 1.72. The van der Waals surface area contributed by atoms with Crippen LogP contribution in [0.15, 0.2) is 73.0 Å². The molecule has 0 aromatic heterocycles. The van der Waals surface area contributed by atoms with Crippen LogP contribution < -0.4 is 0 Å². The van der Waals surface area contributed by atoms with Crippen molar-refractivity contribution in [2.45, 2.75) is 37.8 Å². The van der Waals surface area contributed by atoms with Crippen LogP contribution >= 0.6 is 0 Å². The summed E-state index contributed by atoms with van der Waals surface area (Å²) in [7, 11) is 1.53.